The van der Waals surface area contributed by atoms with Crippen molar-refractivity contribution in [2.24, 2.45) is 5.84 Å². The third kappa shape index (κ3) is 3.86. The number of methoxy groups -OCH3 is 1. The topological polar surface area (TPSA) is 118 Å². The maximum Gasteiger partial charge on any atom is 0.322 e. The Morgan fingerprint density at radius 1 is 1.39 bits per heavy atom. The Kier molecular flexibility index (Phi) is 5.89. The SMILES string of the molecule is COc1nc(NN)nc(NC(C)C(CO)SC)n1. The molecule has 0 aromatic carbocycles. The van der Waals surface area contributed by atoms with Gasteiger partial charge in [-0.15, -0.1) is 0 Å². The van der Waals surface area contributed by atoms with Gasteiger partial charge in [-0.25, -0.2) is 5.84 Å². The van der Waals surface area contributed by atoms with Crippen LogP contribution in [0.25, 0.3) is 0 Å². The average Bonchev–Trinajstić information content (AvgIpc) is 2.39. The number of nitrogens with two attached hydrogens (primary N) is 1. The summed E-state index contributed by atoms with van der Waals surface area (Å²) in [5.74, 6) is 5.81. The first-order chi connectivity index (χ1) is 8.64. The summed E-state index contributed by atoms with van der Waals surface area (Å²) >= 11 is 1.56. The second kappa shape index (κ2) is 7.19. The van der Waals surface area contributed by atoms with E-state index < -0.39 is 0 Å². The molecule has 2 atom stereocenters. The third-order valence-corrected chi connectivity index (χ3v) is 3.49. The number of aromatic nitrogens is 3. The zero-order chi connectivity index (χ0) is 13.5. The molecular weight excluding hydrogens is 256 g/mol. The van der Waals surface area contributed by atoms with Gasteiger partial charge in [-0.2, -0.15) is 26.7 Å². The highest BCUT2D eigenvalue weighted by Crippen LogP contribution is 2.16. The summed E-state index contributed by atoms with van der Waals surface area (Å²) in [7, 11) is 1.46. The van der Waals surface area contributed by atoms with Crippen LogP contribution < -0.4 is 21.3 Å². The molecule has 1 aromatic heterocycles. The molecule has 1 rings (SSSR count). The monoisotopic (exact) mass is 274 g/mol. The predicted molar refractivity (Wildman–Crippen MR) is 71.7 cm³/mol. The number of thioether (sulfide) groups is 1. The number of hydrazine groups is 1. The van der Waals surface area contributed by atoms with Gasteiger partial charge in [-0.1, -0.05) is 0 Å². The molecule has 9 heteroatoms. The van der Waals surface area contributed by atoms with Crippen LogP contribution >= 0.6 is 11.8 Å². The molecule has 102 valence electrons. The quantitative estimate of drug-likeness (QED) is 0.392. The number of aliphatic hydroxyl groups is 1. The summed E-state index contributed by atoms with van der Waals surface area (Å²) in [6.07, 6.45) is 1.93. The molecule has 0 aliphatic heterocycles. The van der Waals surface area contributed by atoms with Gasteiger partial charge in [0.1, 0.15) is 0 Å². The minimum Gasteiger partial charge on any atom is -0.467 e. The van der Waals surface area contributed by atoms with Crippen LogP contribution in [0.5, 0.6) is 6.01 Å². The normalized spacial score (nSPS) is 13.8. The highest BCUT2D eigenvalue weighted by atomic mass is 32.2. The highest BCUT2D eigenvalue weighted by molar-refractivity contribution is 7.99. The van der Waals surface area contributed by atoms with Gasteiger partial charge >= 0.3 is 6.01 Å². The summed E-state index contributed by atoms with van der Waals surface area (Å²) in [5.41, 5.74) is 2.34. The molecule has 8 nitrogen and oxygen atoms in total. The fraction of sp³-hybridized carbons (Fsp3) is 0.667. The van der Waals surface area contributed by atoms with Gasteiger partial charge in [-0.05, 0) is 13.2 Å². The molecule has 0 amide bonds. The first-order valence-electron chi connectivity index (χ1n) is 5.31. The van der Waals surface area contributed by atoms with Crippen molar-refractivity contribution in [1.82, 2.24) is 15.0 Å². The van der Waals surface area contributed by atoms with E-state index in [2.05, 4.69) is 25.7 Å². The summed E-state index contributed by atoms with van der Waals surface area (Å²) in [6.45, 7) is 2.00. The Morgan fingerprint density at radius 3 is 2.56 bits per heavy atom. The molecule has 0 aliphatic rings. The number of aliphatic hydroxyl groups excluding tert-OH is 1. The van der Waals surface area contributed by atoms with Crippen LogP contribution in [0, 0.1) is 0 Å². The van der Waals surface area contributed by atoms with E-state index in [-0.39, 0.29) is 29.9 Å². The predicted octanol–water partition coefficient (Wildman–Crippen LogP) is -0.310. The first-order valence-corrected chi connectivity index (χ1v) is 6.60. The minimum atomic E-state index is -0.0114. The standard InChI is InChI=1S/C9H18N6O2S/c1-5(6(4-16)18-3)11-7-12-8(15-10)14-9(13-7)17-2/h5-6,16H,4,10H2,1-3H3,(H2,11,12,13,14,15). The van der Waals surface area contributed by atoms with Crippen LogP contribution in [0.15, 0.2) is 0 Å². The van der Waals surface area contributed by atoms with E-state index >= 15 is 0 Å². The van der Waals surface area contributed by atoms with Gasteiger partial charge < -0.3 is 15.2 Å². The Balaban J connectivity index is 2.82. The lowest BCUT2D eigenvalue weighted by Gasteiger charge is -2.21. The molecule has 0 saturated carbocycles. The van der Waals surface area contributed by atoms with Crippen molar-refractivity contribution < 1.29 is 9.84 Å². The van der Waals surface area contributed by atoms with Crippen molar-refractivity contribution in [3.8, 4) is 6.01 Å². The van der Waals surface area contributed by atoms with Crippen LogP contribution in [-0.4, -0.2) is 51.3 Å². The number of rotatable bonds is 7. The highest BCUT2D eigenvalue weighted by Gasteiger charge is 2.17. The number of hydrogen-bond acceptors (Lipinski definition) is 9. The van der Waals surface area contributed by atoms with Crippen LogP contribution in [0.4, 0.5) is 11.9 Å². The minimum absolute atomic E-state index is 0.0114. The summed E-state index contributed by atoms with van der Waals surface area (Å²) < 4.78 is 4.94. The Bertz CT molecular complexity index is 354. The van der Waals surface area contributed by atoms with Crippen molar-refractivity contribution in [2.75, 3.05) is 30.7 Å². The van der Waals surface area contributed by atoms with E-state index in [0.717, 1.165) is 0 Å². The molecule has 0 saturated heterocycles. The van der Waals surface area contributed by atoms with Gasteiger partial charge in [-0.3, -0.25) is 5.43 Å². The summed E-state index contributed by atoms with van der Waals surface area (Å²) in [6, 6.07) is 0.153. The third-order valence-electron chi connectivity index (χ3n) is 2.32. The summed E-state index contributed by atoms with van der Waals surface area (Å²) in [5, 5.41) is 12.3. The Hall–Kier alpha value is -1.32. The van der Waals surface area contributed by atoms with Crippen LogP contribution in [0.3, 0.4) is 0 Å². The van der Waals surface area contributed by atoms with Gasteiger partial charge in [0.05, 0.1) is 13.7 Å². The maximum atomic E-state index is 9.20. The van der Waals surface area contributed by atoms with Gasteiger partial charge in [0, 0.05) is 11.3 Å². The van der Waals surface area contributed by atoms with Crippen molar-refractivity contribution >= 4 is 23.7 Å². The number of anilines is 2. The molecular formula is C9H18N6O2S. The largest absolute Gasteiger partial charge is 0.467 e. The van der Waals surface area contributed by atoms with Gasteiger partial charge in [0.25, 0.3) is 0 Å². The molecule has 0 radical (unpaired) electrons. The van der Waals surface area contributed by atoms with E-state index in [1.54, 1.807) is 11.8 Å². The van der Waals surface area contributed by atoms with E-state index in [0.29, 0.717) is 5.95 Å². The first kappa shape index (κ1) is 14.7. The molecule has 1 aromatic rings. The fourth-order valence-electron chi connectivity index (χ4n) is 1.31. The smallest absolute Gasteiger partial charge is 0.322 e. The number of nitrogen functional groups attached to an aromatic ring is 1. The van der Waals surface area contributed by atoms with E-state index in [1.807, 2.05) is 13.2 Å². The molecule has 5 N–H and O–H groups in total. The Labute approximate surface area is 110 Å². The molecule has 0 bridgehead atoms. The van der Waals surface area contributed by atoms with Crippen LogP contribution in [-0.2, 0) is 0 Å². The van der Waals surface area contributed by atoms with E-state index in [1.165, 1.54) is 7.11 Å². The zero-order valence-corrected chi connectivity index (χ0v) is 11.4. The van der Waals surface area contributed by atoms with Crippen molar-refractivity contribution in [3.63, 3.8) is 0 Å². The molecule has 2 unspecified atom stereocenters. The Morgan fingerprint density at radius 2 is 2.06 bits per heavy atom. The van der Waals surface area contributed by atoms with Crippen molar-refractivity contribution in [3.05, 3.63) is 0 Å². The second-order valence-corrected chi connectivity index (χ2v) is 4.58. The average molecular weight is 274 g/mol. The number of ether oxygens (including phenoxy) is 1. The van der Waals surface area contributed by atoms with Crippen molar-refractivity contribution in [1.29, 1.82) is 0 Å². The maximum absolute atomic E-state index is 9.20. The van der Waals surface area contributed by atoms with Gasteiger partial charge in [0.15, 0.2) is 0 Å². The number of nitrogens with one attached hydrogen (secondary N) is 2. The molecule has 0 aliphatic carbocycles. The molecule has 1 heterocycles. The lowest BCUT2D eigenvalue weighted by Crippen LogP contribution is -2.32. The number of nitrogens with zero attached hydrogens (tertiary/aromatic N) is 3. The van der Waals surface area contributed by atoms with Crippen LogP contribution in [0.2, 0.25) is 0 Å². The second-order valence-electron chi connectivity index (χ2n) is 3.50. The summed E-state index contributed by atoms with van der Waals surface area (Å²) in [4.78, 5) is 12.0. The molecule has 0 spiro atoms. The van der Waals surface area contributed by atoms with E-state index in [4.69, 9.17) is 10.6 Å². The lowest BCUT2D eigenvalue weighted by molar-refractivity contribution is 0.288. The molecule has 0 fully saturated rings. The van der Waals surface area contributed by atoms with Crippen LogP contribution in [0.1, 0.15) is 6.92 Å². The number of hydrogen-bond donors (Lipinski definition) is 4. The van der Waals surface area contributed by atoms with Crippen molar-refractivity contribution in [2.45, 2.75) is 18.2 Å². The molecule has 18 heavy (non-hydrogen) atoms. The van der Waals surface area contributed by atoms with Gasteiger partial charge in [0.2, 0.25) is 11.9 Å². The zero-order valence-electron chi connectivity index (χ0n) is 10.5. The fourth-order valence-corrected chi connectivity index (χ4v) is 1.94. The lowest BCUT2D eigenvalue weighted by atomic mass is 10.2. The van der Waals surface area contributed by atoms with E-state index in [9.17, 15) is 5.11 Å².